The van der Waals surface area contributed by atoms with Gasteiger partial charge < -0.3 is 15.7 Å². The molecule has 0 radical (unpaired) electrons. The molecule has 3 N–H and O–H groups in total. The molecule has 2 aromatic carbocycles. The normalized spacial score (nSPS) is 23.2. The first kappa shape index (κ1) is 20.8. The number of amides is 1. The van der Waals surface area contributed by atoms with Crippen molar-refractivity contribution in [1.29, 1.82) is 0 Å². The number of para-hydroxylation sites is 1. The molecule has 30 heavy (non-hydrogen) atoms. The zero-order valence-corrected chi connectivity index (χ0v) is 17.7. The number of aliphatic hydroxyl groups is 1. The maximum atomic E-state index is 11.9. The molecule has 0 bridgehead atoms. The number of likely N-dealkylation sites (N-methyl/N-ethyl adjacent to an activating group) is 1. The van der Waals surface area contributed by atoms with E-state index in [4.69, 9.17) is 5.73 Å². The summed E-state index contributed by atoms with van der Waals surface area (Å²) in [6, 6.07) is 18.9. The van der Waals surface area contributed by atoms with Gasteiger partial charge in [-0.25, -0.2) is 0 Å². The van der Waals surface area contributed by atoms with Gasteiger partial charge in [0.25, 0.3) is 5.91 Å². The molecule has 1 unspecified atom stereocenters. The quantitative estimate of drug-likeness (QED) is 0.734. The predicted octanol–water partition coefficient (Wildman–Crippen LogP) is 2.10. The Bertz CT molecular complexity index is 859. The van der Waals surface area contributed by atoms with Gasteiger partial charge in [-0.1, -0.05) is 42.5 Å². The Morgan fingerprint density at radius 1 is 1.10 bits per heavy atom. The smallest absolute Gasteiger partial charge is 0.250 e. The number of hydrogen-bond donors (Lipinski definition) is 2. The first-order valence-corrected chi connectivity index (χ1v) is 10.8. The summed E-state index contributed by atoms with van der Waals surface area (Å²) in [6.07, 6.45) is 1.68. The monoisotopic (exact) mass is 408 g/mol. The van der Waals surface area contributed by atoms with Crippen molar-refractivity contribution in [3.8, 4) is 0 Å². The lowest BCUT2D eigenvalue weighted by Gasteiger charge is -2.36. The number of carbonyl (C=O) groups is 1. The second-order valence-corrected chi connectivity index (χ2v) is 8.56. The third-order valence-corrected chi connectivity index (χ3v) is 6.60. The minimum absolute atomic E-state index is 0.209. The zero-order valence-electron chi connectivity index (χ0n) is 17.7. The van der Waals surface area contributed by atoms with Crippen LogP contribution >= 0.6 is 0 Å². The Morgan fingerprint density at radius 3 is 2.53 bits per heavy atom. The molecule has 0 spiro atoms. The first-order chi connectivity index (χ1) is 14.5. The topological polar surface area (TPSA) is 73.0 Å². The fourth-order valence-electron chi connectivity index (χ4n) is 4.87. The molecule has 2 heterocycles. The number of benzene rings is 2. The molecule has 3 atom stereocenters. The highest BCUT2D eigenvalue weighted by Crippen LogP contribution is 2.31. The van der Waals surface area contributed by atoms with Gasteiger partial charge in [0.05, 0.1) is 11.7 Å². The SMILES string of the molecule is CN(C1CCN(c2ccccc2C(N)=O)C1)[C@H](CN1CC[C@H](O)C1)c1ccccc1. The zero-order chi connectivity index (χ0) is 21.1. The van der Waals surface area contributed by atoms with E-state index < -0.39 is 0 Å². The Labute approximate surface area is 178 Å². The summed E-state index contributed by atoms with van der Waals surface area (Å²) in [6.45, 7) is 4.38. The molecule has 160 valence electrons. The van der Waals surface area contributed by atoms with Crippen LogP contribution in [0.5, 0.6) is 0 Å². The highest BCUT2D eigenvalue weighted by Gasteiger charge is 2.33. The lowest BCUT2D eigenvalue weighted by molar-refractivity contribution is 0.100. The molecule has 2 aromatic rings. The van der Waals surface area contributed by atoms with Crippen LogP contribution in [0, 0.1) is 0 Å². The molecule has 2 aliphatic heterocycles. The van der Waals surface area contributed by atoms with Crippen molar-refractivity contribution in [2.24, 2.45) is 5.73 Å². The highest BCUT2D eigenvalue weighted by molar-refractivity contribution is 5.98. The molecule has 2 aliphatic rings. The largest absolute Gasteiger partial charge is 0.392 e. The third-order valence-electron chi connectivity index (χ3n) is 6.60. The van der Waals surface area contributed by atoms with Crippen molar-refractivity contribution in [3.63, 3.8) is 0 Å². The second kappa shape index (κ2) is 9.16. The molecule has 2 fully saturated rings. The minimum Gasteiger partial charge on any atom is -0.392 e. The summed E-state index contributed by atoms with van der Waals surface area (Å²) in [4.78, 5) is 19.0. The van der Waals surface area contributed by atoms with Gasteiger partial charge in [0.2, 0.25) is 0 Å². The summed E-state index contributed by atoms with van der Waals surface area (Å²) in [5, 5.41) is 9.97. The summed E-state index contributed by atoms with van der Waals surface area (Å²) < 4.78 is 0. The number of anilines is 1. The van der Waals surface area contributed by atoms with E-state index in [0.717, 1.165) is 51.3 Å². The molecule has 1 amide bonds. The van der Waals surface area contributed by atoms with Crippen molar-refractivity contribution >= 4 is 11.6 Å². The van der Waals surface area contributed by atoms with Crippen LogP contribution in [0.2, 0.25) is 0 Å². The van der Waals surface area contributed by atoms with E-state index >= 15 is 0 Å². The van der Waals surface area contributed by atoms with Crippen LogP contribution in [0.3, 0.4) is 0 Å². The van der Waals surface area contributed by atoms with Crippen molar-refractivity contribution in [3.05, 3.63) is 65.7 Å². The number of carbonyl (C=O) groups excluding carboxylic acids is 1. The average molecular weight is 409 g/mol. The standard InChI is InChI=1S/C24H32N4O2/c1-26(19-11-14-28(15-19)22-10-6-5-9-21(22)24(25)30)23(18-7-3-2-4-8-18)17-27-13-12-20(29)16-27/h2-10,19-20,23,29H,11-17H2,1H3,(H2,25,30)/t19?,20-,23+/m0/s1. The molecule has 6 heteroatoms. The fraction of sp³-hybridized carbons (Fsp3) is 0.458. The number of hydrogen-bond acceptors (Lipinski definition) is 5. The number of primary amides is 1. The van der Waals surface area contributed by atoms with Crippen LogP contribution < -0.4 is 10.6 Å². The summed E-state index contributed by atoms with van der Waals surface area (Å²) in [5.74, 6) is -0.378. The molecular formula is C24H32N4O2. The minimum atomic E-state index is -0.378. The van der Waals surface area contributed by atoms with Gasteiger partial charge in [0.1, 0.15) is 0 Å². The average Bonchev–Trinajstić information content (AvgIpc) is 3.41. The van der Waals surface area contributed by atoms with E-state index in [0.29, 0.717) is 11.6 Å². The molecular weight excluding hydrogens is 376 g/mol. The third kappa shape index (κ3) is 4.51. The van der Waals surface area contributed by atoms with E-state index in [9.17, 15) is 9.90 Å². The number of nitrogens with two attached hydrogens (primary N) is 1. The van der Waals surface area contributed by atoms with Crippen molar-refractivity contribution < 1.29 is 9.90 Å². The summed E-state index contributed by atoms with van der Waals surface area (Å²) >= 11 is 0. The summed E-state index contributed by atoms with van der Waals surface area (Å²) in [7, 11) is 2.21. The van der Waals surface area contributed by atoms with Crippen molar-refractivity contribution in [2.45, 2.75) is 31.0 Å². The maximum Gasteiger partial charge on any atom is 0.250 e. The van der Waals surface area contributed by atoms with Gasteiger partial charge in [0.15, 0.2) is 0 Å². The fourth-order valence-corrected chi connectivity index (χ4v) is 4.87. The van der Waals surface area contributed by atoms with Crippen LogP contribution in [0.4, 0.5) is 5.69 Å². The molecule has 4 rings (SSSR count). The lowest BCUT2D eigenvalue weighted by atomic mass is 10.0. The molecule has 2 saturated heterocycles. The van der Waals surface area contributed by atoms with Gasteiger partial charge in [0, 0.05) is 50.5 Å². The highest BCUT2D eigenvalue weighted by atomic mass is 16.3. The van der Waals surface area contributed by atoms with Crippen LogP contribution in [-0.4, -0.2) is 72.7 Å². The van der Waals surface area contributed by atoms with Crippen molar-refractivity contribution in [2.75, 3.05) is 44.7 Å². The van der Waals surface area contributed by atoms with Gasteiger partial charge in [-0.2, -0.15) is 0 Å². The molecule has 0 saturated carbocycles. The van der Waals surface area contributed by atoms with Crippen LogP contribution in [0.15, 0.2) is 54.6 Å². The van der Waals surface area contributed by atoms with E-state index in [1.165, 1.54) is 5.56 Å². The van der Waals surface area contributed by atoms with E-state index in [1.807, 2.05) is 18.2 Å². The maximum absolute atomic E-state index is 11.9. The van der Waals surface area contributed by atoms with Crippen LogP contribution in [-0.2, 0) is 0 Å². The number of β-amino-alcohol motifs (C(OH)–C–C–N with tert-alkyl or cyclic N) is 1. The Kier molecular flexibility index (Phi) is 6.37. The Morgan fingerprint density at radius 2 is 1.83 bits per heavy atom. The summed E-state index contributed by atoms with van der Waals surface area (Å²) in [5.41, 5.74) is 8.42. The van der Waals surface area contributed by atoms with Gasteiger partial charge >= 0.3 is 0 Å². The number of aliphatic hydroxyl groups excluding tert-OH is 1. The number of likely N-dealkylation sites (tertiary alicyclic amines) is 1. The number of nitrogens with zero attached hydrogens (tertiary/aromatic N) is 3. The van der Waals surface area contributed by atoms with Gasteiger partial charge in [-0.15, -0.1) is 0 Å². The Balaban J connectivity index is 1.51. The van der Waals surface area contributed by atoms with E-state index in [-0.39, 0.29) is 18.1 Å². The van der Waals surface area contributed by atoms with Gasteiger partial charge in [-0.3, -0.25) is 14.6 Å². The van der Waals surface area contributed by atoms with Crippen molar-refractivity contribution in [1.82, 2.24) is 9.80 Å². The first-order valence-electron chi connectivity index (χ1n) is 10.8. The molecule has 0 aromatic heterocycles. The van der Waals surface area contributed by atoms with Gasteiger partial charge in [-0.05, 0) is 37.6 Å². The van der Waals surface area contributed by atoms with Crippen LogP contribution in [0.25, 0.3) is 0 Å². The Hall–Kier alpha value is -2.41. The number of rotatable bonds is 7. The molecule has 0 aliphatic carbocycles. The second-order valence-electron chi connectivity index (χ2n) is 8.56. The predicted molar refractivity (Wildman–Crippen MR) is 120 cm³/mol. The molecule has 6 nitrogen and oxygen atoms in total. The lowest BCUT2D eigenvalue weighted by Crippen LogP contribution is -2.42. The van der Waals surface area contributed by atoms with E-state index in [1.54, 1.807) is 6.07 Å². The van der Waals surface area contributed by atoms with E-state index in [2.05, 4.69) is 52.1 Å². The van der Waals surface area contributed by atoms with Crippen LogP contribution in [0.1, 0.15) is 34.8 Å².